The van der Waals surface area contributed by atoms with E-state index in [1.54, 1.807) is 6.21 Å². The van der Waals surface area contributed by atoms with Crippen LogP contribution in [0.2, 0.25) is 0 Å². The number of nitrogens with two attached hydrogens (primary N) is 1. The second-order valence-corrected chi connectivity index (χ2v) is 6.58. The van der Waals surface area contributed by atoms with Crippen LogP contribution in [0.15, 0.2) is 29.4 Å². The zero-order valence-electron chi connectivity index (χ0n) is 13.7. The summed E-state index contributed by atoms with van der Waals surface area (Å²) in [5, 5.41) is 4.19. The first-order valence-corrected chi connectivity index (χ1v) is 7.96. The minimum Gasteiger partial charge on any atom is -0.375 e. The summed E-state index contributed by atoms with van der Waals surface area (Å²) in [4.78, 5) is 2.46. The molecule has 1 aliphatic rings. The van der Waals surface area contributed by atoms with Gasteiger partial charge in [0.25, 0.3) is 0 Å². The summed E-state index contributed by atoms with van der Waals surface area (Å²) in [6.45, 7) is 9.94. The van der Waals surface area contributed by atoms with Gasteiger partial charge in [0, 0.05) is 17.8 Å². The highest BCUT2D eigenvalue weighted by Gasteiger charge is 2.30. The third-order valence-electron chi connectivity index (χ3n) is 3.84. The number of hydrogen-bond donors (Lipinski definition) is 2. The quantitative estimate of drug-likeness (QED) is 0.508. The molecule has 0 bridgehead atoms. The zero-order chi connectivity index (χ0) is 16.3. The van der Waals surface area contributed by atoms with Crippen LogP contribution in [0.4, 0.5) is 5.69 Å². The van der Waals surface area contributed by atoms with Gasteiger partial charge in [0.1, 0.15) is 0 Å². The summed E-state index contributed by atoms with van der Waals surface area (Å²) in [6, 6.07) is 6.40. The lowest BCUT2D eigenvalue weighted by Gasteiger charge is -2.43. The van der Waals surface area contributed by atoms with Crippen molar-refractivity contribution in [2.24, 2.45) is 10.8 Å². The normalized spacial score (nSPS) is 16.4. The topological polar surface area (TPSA) is 53.6 Å². The highest BCUT2D eigenvalue weighted by atomic mass is 32.1. The lowest BCUT2D eigenvalue weighted by molar-refractivity contribution is 0.550. The highest BCUT2D eigenvalue weighted by molar-refractivity contribution is 7.80. The van der Waals surface area contributed by atoms with Gasteiger partial charge in [-0.1, -0.05) is 19.1 Å². The Morgan fingerprint density at radius 2 is 2.18 bits per heavy atom. The van der Waals surface area contributed by atoms with E-state index in [0.717, 1.165) is 18.5 Å². The average Bonchev–Trinajstić information content (AvgIpc) is 2.43. The fourth-order valence-corrected chi connectivity index (χ4v) is 3.04. The third-order valence-corrected chi connectivity index (χ3v) is 3.93. The number of nitrogens with zero attached hydrogens (tertiary/aromatic N) is 2. The van der Waals surface area contributed by atoms with Crippen LogP contribution in [0.1, 0.15) is 45.2 Å². The molecule has 0 radical (unpaired) electrons. The Morgan fingerprint density at radius 1 is 1.45 bits per heavy atom. The van der Waals surface area contributed by atoms with E-state index < -0.39 is 0 Å². The monoisotopic (exact) mass is 316 g/mol. The van der Waals surface area contributed by atoms with Gasteiger partial charge < -0.3 is 10.6 Å². The molecule has 22 heavy (non-hydrogen) atoms. The van der Waals surface area contributed by atoms with E-state index in [9.17, 15) is 0 Å². The Hall–Kier alpha value is -1.88. The van der Waals surface area contributed by atoms with Gasteiger partial charge >= 0.3 is 0 Å². The summed E-state index contributed by atoms with van der Waals surface area (Å²) in [5.74, 6) is 0. The van der Waals surface area contributed by atoms with Crippen LogP contribution >= 0.6 is 12.2 Å². The van der Waals surface area contributed by atoms with Crippen LogP contribution in [0.3, 0.4) is 0 Å². The lowest BCUT2D eigenvalue weighted by Crippen LogP contribution is -2.45. The standard InChI is InChI=1S/C17H24N4S/c1-5-8-21-15-7-6-13(11-19-20-16(18)22)9-14(15)12(2)10-17(21,3)4/h6-7,9-11H,5,8H2,1-4H3,(H3,18,20,22)/b19-11-. The van der Waals surface area contributed by atoms with E-state index in [1.807, 2.05) is 0 Å². The van der Waals surface area contributed by atoms with Crippen molar-refractivity contribution in [3.63, 3.8) is 0 Å². The van der Waals surface area contributed by atoms with Crippen molar-refractivity contribution in [1.82, 2.24) is 5.43 Å². The fraction of sp³-hybridized carbons (Fsp3) is 0.412. The van der Waals surface area contributed by atoms with Crippen LogP contribution in [-0.4, -0.2) is 23.4 Å². The molecule has 3 N–H and O–H groups in total. The first-order chi connectivity index (χ1) is 10.3. The number of rotatable bonds is 4. The predicted octanol–water partition coefficient (Wildman–Crippen LogP) is 3.27. The molecule has 0 aliphatic carbocycles. The van der Waals surface area contributed by atoms with Crippen molar-refractivity contribution < 1.29 is 0 Å². The molecule has 0 amide bonds. The summed E-state index contributed by atoms with van der Waals surface area (Å²) in [5.41, 5.74) is 12.8. The Labute approximate surface area is 138 Å². The number of nitrogens with one attached hydrogen (secondary N) is 1. The van der Waals surface area contributed by atoms with Gasteiger partial charge in [-0.3, -0.25) is 5.43 Å². The second-order valence-electron chi connectivity index (χ2n) is 6.14. The van der Waals surface area contributed by atoms with Crippen LogP contribution < -0.4 is 16.1 Å². The number of benzene rings is 1. The van der Waals surface area contributed by atoms with Crippen molar-refractivity contribution >= 4 is 34.8 Å². The molecule has 1 heterocycles. The summed E-state index contributed by atoms with van der Waals surface area (Å²) in [6.07, 6.45) is 5.19. The molecule has 118 valence electrons. The van der Waals surface area contributed by atoms with Crippen LogP contribution in [-0.2, 0) is 0 Å². The molecular weight excluding hydrogens is 292 g/mol. The van der Waals surface area contributed by atoms with Gasteiger partial charge in [-0.2, -0.15) is 5.10 Å². The van der Waals surface area contributed by atoms with Gasteiger partial charge in [0.2, 0.25) is 0 Å². The van der Waals surface area contributed by atoms with Crippen molar-refractivity contribution in [3.05, 3.63) is 35.4 Å². The number of allylic oxidation sites excluding steroid dienone is 1. The number of anilines is 1. The minimum absolute atomic E-state index is 0.0377. The van der Waals surface area contributed by atoms with Gasteiger partial charge in [-0.15, -0.1) is 0 Å². The zero-order valence-corrected chi connectivity index (χ0v) is 14.5. The molecule has 1 aromatic carbocycles. The highest BCUT2D eigenvalue weighted by Crippen LogP contribution is 2.39. The molecule has 4 nitrogen and oxygen atoms in total. The number of thiocarbonyl (C=S) groups is 1. The van der Waals surface area contributed by atoms with Crippen LogP contribution in [0.5, 0.6) is 0 Å². The van der Waals surface area contributed by atoms with E-state index in [1.165, 1.54) is 16.8 Å². The lowest BCUT2D eigenvalue weighted by atomic mass is 9.88. The molecule has 0 saturated carbocycles. The van der Waals surface area contributed by atoms with Crippen molar-refractivity contribution in [2.75, 3.05) is 11.4 Å². The van der Waals surface area contributed by atoms with Crippen LogP contribution in [0, 0.1) is 0 Å². The molecule has 0 unspecified atom stereocenters. The van der Waals surface area contributed by atoms with Crippen molar-refractivity contribution in [1.29, 1.82) is 0 Å². The molecule has 0 fully saturated rings. The molecule has 1 aliphatic heterocycles. The van der Waals surface area contributed by atoms with Gasteiger partial charge in [0.15, 0.2) is 5.11 Å². The Bertz CT molecular complexity index is 632. The fourth-order valence-electron chi connectivity index (χ4n) is 2.98. The minimum atomic E-state index is 0.0377. The van der Waals surface area contributed by atoms with Gasteiger partial charge in [-0.25, -0.2) is 0 Å². The Kier molecular flexibility index (Phi) is 4.86. The smallest absolute Gasteiger partial charge is 0.184 e. The van der Waals surface area contributed by atoms with E-state index in [0.29, 0.717) is 0 Å². The maximum Gasteiger partial charge on any atom is 0.184 e. The molecule has 1 aromatic rings. The molecule has 5 heteroatoms. The van der Waals surface area contributed by atoms with Crippen molar-refractivity contribution in [3.8, 4) is 0 Å². The van der Waals surface area contributed by atoms with E-state index in [2.05, 4.69) is 67.4 Å². The summed E-state index contributed by atoms with van der Waals surface area (Å²) in [7, 11) is 0. The molecule has 2 rings (SSSR count). The first kappa shape index (κ1) is 16.5. The second kappa shape index (κ2) is 6.48. The largest absolute Gasteiger partial charge is 0.375 e. The summed E-state index contributed by atoms with van der Waals surface area (Å²) < 4.78 is 0. The first-order valence-electron chi connectivity index (χ1n) is 7.55. The number of hydrazone groups is 1. The third kappa shape index (κ3) is 3.47. The Morgan fingerprint density at radius 3 is 2.82 bits per heavy atom. The molecule has 0 saturated heterocycles. The van der Waals surface area contributed by atoms with E-state index in [4.69, 9.17) is 18.0 Å². The molecule has 0 atom stereocenters. The van der Waals surface area contributed by atoms with E-state index >= 15 is 0 Å². The number of fused-ring (bicyclic) bond motifs is 1. The number of hydrogen-bond acceptors (Lipinski definition) is 3. The average molecular weight is 316 g/mol. The SMILES string of the molecule is CCCN1c2ccc(/C=N\NC(N)=S)cc2C(C)=CC1(C)C. The maximum absolute atomic E-state index is 5.36. The van der Waals surface area contributed by atoms with Crippen molar-refractivity contribution in [2.45, 2.75) is 39.7 Å². The predicted molar refractivity (Wildman–Crippen MR) is 99.3 cm³/mol. The Balaban J connectivity index is 2.38. The molecule has 0 aromatic heterocycles. The molecular formula is C17H24N4S. The summed E-state index contributed by atoms with van der Waals surface area (Å²) >= 11 is 4.73. The van der Waals surface area contributed by atoms with E-state index in [-0.39, 0.29) is 10.7 Å². The maximum atomic E-state index is 5.36. The molecule has 0 spiro atoms. The van der Waals surface area contributed by atoms with Gasteiger partial charge in [0.05, 0.1) is 11.8 Å². The van der Waals surface area contributed by atoms with Crippen LogP contribution in [0.25, 0.3) is 5.57 Å². The van der Waals surface area contributed by atoms with Gasteiger partial charge in [-0.05, 0) is 62.7 Å².